The van der Waals surface area contributed by atoms with Crippen LogP contribution in [0.2, 0.25) is 0 Å². The first-order chi connectivity index (χ1) is 17.8. The fourth-order valence-corrected chi connectivity index (χ4v) is 7.03. The second kappa shape index (κ2) is 13.0. The number of piperidine rings is 1. The smallest absolute Gasteiger partial charge is 0.297 e. The minimum Gasteiger partial charge on any atom is -0.394 e. The van der Waals surface area contributed by atoms with Gasteiger partial charge in [-0.15, -0.1) is 0 Å². The van der Waals surface area contributed by atoms with Gasteiger partial charge in [0.1, 0.15) is 6.10 Å². The van der Waals surface area contributed by atoms with Gasteiger partial charge in [-0.2, -0.15) is 8.42 Å². The van der Waals surface area contributed by atoms with Crippen molar-refractivity contribution in [3.63, 3.8) is 0 Å². The second-order valence-corrected chi connectivity index (χ2v) is 12.2. The highest BCUT2D eigenvalue weighted by Gasteiger charge is 2.39. The van der Waals surface area contributed by atoms with E-state index in [2.05, 4.69) is 42.3 Å². The number of rotatable bonds is 11. The van der Waals surface area contributed by atoms with Gasteiger partial charge in [0.15, 0.2) is 0 Å². The number of nitrogens with one attached hydrogen (secondary N) is 1. The molecule has 206 valence electrons. The summed E-state index contributed by atoms with van der Waals surface area (Å²) in [6.45, 7) is 8.04. The maximum Gasteiger partial charge on any atom is 0.297 e. The van der Waals surface area contributed by atoms with Crippen molar-refractivity contribution >= 4 is 10.1 Å². The highest BCUT2D eigenvalue weighted by Crippen LogP contribution is 2.35. The summed E-state index contributed by atoms with van der Waals surface area (Å²) in [6, 6.07) is 7.66. The average molecular weight is 533 g/mol. The van der Waals surface area contributed by atoms with Crippen molar-refractivity contribution in [1.29, 1.82) is 0 Å². The summed E-state index contributed by atoms with van der Waals surface area (Å²) in [4.78, 5) is 2.66. The molecule has 1 aliphatic heterocycles. The number of aryl methyl sites for hydroxylation is 1. The van der Waals surface area contributed by atoms with Crippen molar-refractivity contribution in [3.05, 3.63) is 53.6 Å². The summed E-state index contributed by atoms with van der Waals surface area (Å²) in [5.41, 5.74) is 2.49. The molecule has 3 unspecified atom stereocenters. The fourth-order valence-electron chi connectivity index (χ4n) is 6.09. The van der Waals surface area contributed by atoms with Crippen LogP contribution in [0.5, 0.6) is 0 Å². The molecule has 0 radical (unpaired) electrons. The number of hydrogen-bond acceptors (Lipinski definition) is 7. The van der Waals surface area contributed by atoms with Crippen molar-refractivity contribution in [3.8, 4) is 0 Å². The summed E-state index contributed by atoms with van der Waals surface area (Å²) >= 11 is 0. The molecule has 1 aromatic carbocycles. The molecule has 0 aromatic heterocycles. The third-order valence-corrected chi connectivity index (χ3v) is 9.61. The molecule has 7 nitrogen and oxygen atoms in total. The Morgan fingerprint density at radius 3 is 2.51 bits per heavy atom. The van der Waals surface area contributed by atoms with Gasteiger partial charge in [0.25, 0.3) is 10.1 Å². The third-order valence-electron chi connectivity index (χ3n) is 8.31. The minimum absolute atomic E-state index is 0.105. The van der Waals surface area contributed by atoms with Crippen molar-refractivity contribution < 1.29 is 22.4 Å². The Hall–Kier alpha value is -1.55. The van der Waals surface area contributed by atoms with Crippen LogP contribution in [0.3, 0.4) is 0 Å². The van der Waals surface area contributed by atoms with E-state index in [1.807, 2.05) is 6.92 Å². The molecule has 2 N–H and O–H groups in total. The lowest BCUT2D eigenvalue weighted by atomic mass is 9.76. The van der Waals surface area contributed by atoms with E-state index < -0.39 is 16.2 Å². The Kier molecular flexibility index (Phi) is 10.00. The van der Waals surface area contributed by atoms with Crippen LogP contribution in [0, 0.1) is 12.8 Å². The topological polar surface area (TPSA) is 88.1 Å². The Balaban J connectivity index is 1.36. The fraction of sp³-hybridized carbons (Fsp3) is 0.655. The molecule has 0 spiro atoms. The van der Waals surface area contributed by atoms with Gasteiger partial charge >= 0.3 is 0 Å². The van der Waals surface area contributed by atoms with Crippen molar-refractivity contribution in [2.75, 3.05) is 26.3 Å². The molecule has 3 aliphatic rings. The van der Waals surface area contributed by atoms with Crippen LogP contribution in [0.25, 0.3) is 0 Å². The van der Waals surface area contributed by atoms with Gasteiger partial charge in [-0.05, 0) is 76.6 Å². The molecule has 4 rings (SSSR count). The summed E-state index contributed by atoms with van der Waals surface area (Å²) in [5.74, 6) is 0.468. The van der Waals surface area contributed by atoms with Crippen LogP contribution < -0.4 is 5.32 Å². The molecule has 37 heavy (non-hydrogen) atoms. The highest BCUT2D eigenvalue weighted by atomic mass is 32.2. The molecular weight excluding hydrogens is 488 g/mol. The zero-order valence-corrected chi connectivity index (χ0v) is 23.3. The molecule has 1 saturated heterocycles. The van der Waals surface area contributed by atoms with E-state index >= 15 is 0 Å². The van der Waals surface area contributed by atoms with Crippen LogP contribution in [0.1, 0.15) is 57.9 Å². The lowest BCUT2D eigenvalue weighted by molar-refractivity contribution is -0.0661. The SMILES string of the molecule is CCN(CC)[C@H]1CC=C(C2CC[C@@H]3CC=CC(OC(CO)COS(=O)(=O)c4ccc(C)cc4)[C@@H]3N2)CC1. The molecule has 8 heteroatoms. The van der Waals surface area contributed by atoms with Crippen molar-refractivity contribution in [2.24, 2.45) is 5.92 Å². The molecule has 1 heterocycles. The minimum atomic E-state index is -3.92. The number of aliphatic hydroxyl groups excluding tert-OH is 1. The monoisotopic (exact) mass is 532 g/mol. The van der Waals surface area contributed by atoms with Gasteiger partial charge in [-0.25, -0.2) is 0 Å². The van der Waals surface area contributed by atoms with E-state index in [4.69, 9.17) is 8.92 Å². The second-order valence-electron chi connectivity index (χ2n) is 10.6. The number of benzene rings is 1. The van der Waals surface area contributed by atoms with E-state index in [0.29, 0.717) is 18.0 Å². The first-order valence-corrected chi connectivity index (χ1v) is 15.3. The zero-order valence-electron chi connectivity index (χ0n) is 22.5. The Bertz CT molecular complexity index is 1030. The van der Waals surface area contributed by atoms with Gasteiger partial charge in [0, 0.05) is 18.1 Å². The van der Waals surface area contributed by atoms with E-state index in [1.54, 1.807) is 12.1 Å². The molecule has 1 fully saturated rings. The summed E-state index contributed by atoms with van der Waals surface area (Å²) < 4.78 is 36.8. The largest absolute Gasteiger partial charge is 0.394 e. The molecule has 2 aliphatic carbocycles. The highest BCUT2D eigenvalue weighted by molar-refractivity contribution is 7.86. The number of fused-ring (bicyclic) bond motifs is 1. The van der Waals surface area contributed by atoms with E-state index in [9.17, 15) is 13.5 Å². The lowest BCUT2D eigenvalue weighted by Crippen LogP contribution is -2.56. The van der Waals surface area contributed by atoms with Crippen LogP contribution in [0.15, 0.2) is 53.0 Å². The first-order valence-electron chi connectivity index (χ1n) is 13.9. The molecule has 0 bridgehead atoms. The predicted molar refractivity (Wildman–Crippen MR) is 146 cm³/mol. The van der Waals surface area contributed by atoms with Crippen LogP contribution in [-0.4, -0.2) is 75.1 Å². The number of allylic oxidation sites excluding steroid dienone is 1. The molecule has 0 saturated carbocycles. The van der Waals surface area contributed by atoms with E-state index in [-0.39, 0.29) is 30.3 Å². The number of hydrogen-bond donors (Lipinski definition) is 2. The third kappa shape index (κ3) is 7.11. The van der Waals surface area contributed by atoms with Crippen LogP contribution in [-0.2, 0) is 19.0 Å². The standard InChI is InChI=1S/C29H44N2O5S/c1-4-31(5-2)24-14-11-22(12-15-24)27-18-13-23-7-6-8-28(29(23)30-27)36-25(19-32)20-35-37(33,34)26-16-9-21(3)10-17-26/h6,8-11,16-17,23-25,27-30,32H,4-5,7,12-15,18-20H2,1-3H3/t23-,24-,25?,27?,28?,29+/m0/s1. The zero-order chi connectivity index (χ0) is 26.4. The Morgan fingerprint density at radius 1 is 1.11 bits per heavy atom. The number of ether oxygens (including phenoxy) is 1. The Morgan fingerprint density at radius 2 is 1.86 bits per heavy atom. The van der Waals surface area contributed by atoms with Gasteiger partial charge < -0.3 is 20.1 Å². The number of nitrogens with zero attached hydrogens (tertiary/aromatic N) is 1. The van der Waals surface area contributed by atoms with E-state index in [0.717, 1.165) is 50.8 Å². The van der Waals surface area contributed by atoms with Gasteiger partial charge in [-0.1, -0.05) is 55.3 Å². The molecule has 6 atom stereocenters. The molecule has 1 aromatic rings. The van der Waals surface area contributed by atoms with Crippen molar-refractivity contribution in [1.82, 2.24) is 10.2 Å². The molecular formula is C29H44N2O5S. The quantitative estimate of drug-likeness (QED) is 0.329. The summed E-state index contributed by atoms with van der Waals surface area (Å²) in [6.07, 6.45) is 12.4. The lowest BCUT2D eigenvalue weighted by Gasteiger charge is -2.44. The van der Waals surface area contributed by atoms with Crippen molar-refractivity contribution in [2.45, 2.75) is 94.5 Å². The van der Waals surface area contributed by atoms with Crippen LogP contribution >= 0.6 is 0 Å². The maximum atomic E-state index is 12.6. The Labute approximate surface area is 223 Å². The average Bonchev–Trinajstić information content (AvgIpc) is 2.92. The van der Waals surface area contributed by atoms with Gasteiger partial charge in [-0.3, -0.25) is 4.18 Å². The first kappa shape index (κ1) is 28.5. The maximum absolute atomic E-state index is 12.6. The number of aliphatic hydroxyl groups is 1. The van der Waals surface area contributed by atoms with Gasteiger partial charge in [0.2, 0.25) is 0 Å². The summed E-state index contributed by atoms with van der Waals surface area (Å²) in [7, 11) is -3.92. The molecule has 0 amide bonds. The van der Waals surface area contributed by atoms with Crippen LogP contribution in [0.4, 0.5) is 0 Å². The van der Waals surface area contributed by atoms with Gasteiger partial charge in [0.05, 0.1) is 24.2 Å². The predicted octanol–water partition coefficient (Wildman–Crippen LogP) is 3.96. The van der Waals surface area contributed by atoms with E-state index in [1.165, 1.54) is 24.1 Å². The summed E-state index contributed by atoms with van der Waals surface area (Å²) in [5, 5.41) is 13.8. The normalized spacial score (nSPS) is 29.1.